The van der Waals surface area contributed by atoms with E-state index in [1.165, 1.54) is 0 Å². The van der Waals surface area contributed by atoms with E-state index < -0.39 is 26.1 Å². The molecule has 0 spiro atoms. The van der Waals surface area contributed by atoms with Gasteiger partial charge in [-0.25, -0.2) is 13.2 Å². The van der Waals surface area contributed by atoms with E-state index in [0.29, 0.717) is 13.2 Å². The van der Waals surface area contributed by atoms with E-state index in [9.17, 15) is 13.2 Å². The van der Waals surface area contributed by atoms with Gasteiger partial charge in [0, 0.05) is 17.5 Å². The molecule has 18 heavy (non-hydrogen) atoms. The molecule has 1 heterocycles. The highest BCUT2D eigenvalue weighted by atomic mass is 31.2. The molecule has 1 aliphatic heterocycles. The van der Waals surface area contributed by atoms with E-state index in [4.69, 9.17) is 13.6 Å². The van der Waals surface area contributed by atoms with Gasteiger partial charge in [-0.3, -0.25) is 0 Å². The molecule has 1 saturated heterocycles. The summed E-state index contributed by atoms with van der Waals surface area (Å²) in [5.74, 6) is -4.30. The summed E-state index contributed by atoms with van der Waals surface area (Å²) in [6.07, 6.45) is 0. The van der Waals surface area contributed by atoms with E-state index in [1.54, 1.807) is 0 Å². The van der Waals surface area contributed by atoms with E-state index >= 15 is 0 Å². The van der Waals surface area contributed by atoms with Crippen LogP contribution in [-0.2, 0) is 9.05 Å². The van der Waals surface area contributed by atoms with Gasteiger partial charge in [-0.05, 0) is 0 Å². The topological polar surface area (TPSA) is 27.7 Å². The Labute approximate surface area is 104 Å². The van der Waals surface area contributed by atoms with Crippen LogP contribution in [0.15, 0.2) is 12.1 Å². The molecule has 1 aromatic rings. The fraction of sp³-hybridized carbons (Fsp3) is 0.455. The molecule has 1 aliphatic rings. The molecule has 3 nitrogen and oxygen atoms in total. The van der Waals surface area contributed by atoms with Crippen LogP contribution in [0.4, 0.5) is 13.2 Å². The molecule has 1 aromatic carbocycles. The van der Waals surface area contributed by atoms with Crippen molar-refractivity contribution in [2.24, 2.45) is 5.41 Å². The maximum atomic E-state index is 12.9. The van der Waals surface area contributed by atoms with E-state index in [0.717, 1.165) is 12.1 Å². The maximum absolute atomic E-state index is 12.9. The van der Waals surface area contributed by atoms with Gasteiger partial charge < -0.3 is 13.6 Å². The van der Waals surface area contributed by atoms with Crippen LogP contribution in [-0.4, -0.2) is 13.2 Å². The van der Waals surface area contributed by atoms with Crippen LogP contribution < -0.4 is 4.52 Å². The molecule has 0 radical (unpaired) electrons. The molecule has 7 heteroatoms. The molecule has 1 fully saturated rings. The first kappa shape index (κ1) is 13.6. The lowest BCUT2D eigenvalue weighted by atomic mass is 9.97. The lowest BCUT2D eigenvalue weighted by molar-refractivity contribution is 0.0426. The standard InChI is InChI=1S/C11H12F3O3P/c1-11(2)5-15-18(16-6-11)17-7-3-8(12)10(14)9(13)4-7/h3-4H,5-6H2,1-2H3. The average molecular weight is 280 g/mol. The van der Waals surface area contributed by atoms with E-state index in [-0.39, 0.29) is 11.2 Å². The first-order valence-corrected chi connectivity index (χ1v) is 6.35. The van der Waals surface area contributed by atoms with Crippen LogP contribution in [0.5, 0.6) is 5.75 Å². The van der Waals surface area contributed by atoms with Crippen LogP contribution in [0.3, 0.4) is 0 Å². The molecule has 0 aromatic heterocycles. The van der Waals surface area contributed by atoms with Crippen molar-refractivity contribution in [3.63, 3.8) is 0 Å². The fourth-order valence-corrected chi connectivity index (χ4v) is 2.62. The zero-order valence-corrected chi connectivity index (χ0v) is 10.8. The Morgan fingerprint density at radius 1 is 1.11 bits per heavy atom. The Kier molecular flexibility index (Phi) is 3.80. The minimum Gasteiger partial charge on any atom is -0.427 e. The summed E-state index contributed by atoms with van der Waals surface area (Å²) in [6.45, 7) is 4.75. The van der Waals surface area contributed by atoms with Gasteiger partial charge >= 0.3 is 8.60 Å². The molecule has 0 N–H and O–H groups in total. The zero-order valence-electron chi connectivity index (χ0n) is 9.87. The lowest BCUT2D eigenvalue weighted by Gasteiger charge is -2.32. The molecule has 100 valence electrons. The highest BCUT2D eigenvalue weighted by Crippen LogP contribution is 2.47. The van der Waals surface area contributed by atoms with Crippen LogP contribution in [0.2, 0.25) is 0 Å². The molecular weight excluding hydrogens is 268 g/mol. The minimum atomic E-state index is -1.70. The van der Waals surface area contributed by atoms with Crippen molar-refractivity contribution in [1.29, 1.82) is 0 Å². The summed E-state index contributed by atoms with van der Waals surface area (Å²) < 4.78 is 54.3. The number of hydrogen-bond donors (Lipinski definition) is 0. The number of rotatable bonds is 2. The number of hydrogen-bond acceptors (Lipinski definition) is 3. The number of halogens is 3. The molecular formula is C11H12F3O3P. The third-order valence-electron chi connectivity index (χ3n) is 2.26. The normalized spacial score (nSPS) is 19.8. The third-order valence-corrected chi connectivity index (χ3v) is 3.30. The molecule has 0 bridgehead atoms. The number of benzene rings is 1. The third kappa shape index (κ3) is 3.13. The summed E-state index contributed by atoms with van der Waals surface area (Å²) >= 11 is 0. The van der Waals surface area contributed by atoms with Gasteiger partial charge in [0.2, 0.25) is 0 Å². The second-order valence-corrected chi connectivity index (χ2v) is 5.87. The lowest BCUT2D eigenvalue weighted by Crippen LogP contribution is -2.29. The first-order chi connectivity index (χ1) is 8.37. The largest absolute Gasteiger partial charge is 0.427 e. The Bertz CT molecular complexity index is 420. The van der Waals surface area contributed by atoms with E-state index in [2.05, 4.69) is 0 Å². The Balaban J connectivity index is 2.03. The van der Waals surface area contributed by atoms with E-state index in [1.807, 2.05) is 13.8 Å². The van der Waals surface area contributed by atoms with Gasteiger partial charge in [0.25, 0.3) is 0 Å². The van der Waals surface area contributed by atoms with Crippen molar-refractivity contribution >= 4 is 8.60 Å². The average Bonchev–Trinajstić information content (AvgIpc) is 2.29. The molecule has 0 saturated carbocycles. The summed E-state index contributed by atoms with van der Waals surface area (Å²) in [5, 5.41) is 0. The molecule has 2 rings (SSSR count). The highest BCUT2D eigenvalue weighted by Gasteiger charge is 2.31. The quantitative estimate of drug-likeness (QED) is 0.609. The van der Waals surface area contributed by atoms with Crippen LogP contribution in [0, 0.1) is 22.9 Å². The second kappa shape index (κ2) is 5.03. The molecule has 0 unspecified atom stereocenters. The fourth-order valence-electron chi connectivity index (χ4n) is 1.26. The predicted octanol–water partition coefficient (Wildman–Crippen LogP) is 3.78. The Morgan fingerprint density at radius 2 is 1.61 bits per heavy atom. The van der Waals surface area contributed by atoms with Crippen molar-refractivity contribution in [2.75, 3.05) is 13.2 Å². The SMILES string of the molecule is CC1(C)COP(Oc2cc(F)c(F)c(F)c2)OC1. The Hall–Kier alpha value is -0.840. The maximum Gasteiger partial charge on any atom is 0.397 e. The molecule has 0 aliphatic carbocycles. The van der Waals surface area contributed by atoms with Crippen LogP contribution in [0.1, 0.15) is 13.8 Å². The summed E-state index contributed by atoms with van der Waals surface area (Å²) in [5.41, 5.74) is -0.124. The predicted molar refractivity (Wildman–Crippen MR) is 59.5 cm³/mol. The van der Waals surface area contributed by atoms with Gasteiger partial charge in [0.1, 0.15) is 5.75 Å². The van der Waals surface area contributed by atoms with Crippen molar-refractivity contribution in [3.8, 4) is 5.75 Å². The smallest absolute Gasteiger partial charge is 0.397 e. The van der Waals surface area contributed by atoms with Crippen LogP contribution >= 0.6 is 8.60 Å². The van der Waals surface area contributed by atoms with Crippen LogP contribution in [0.25, 0.3) is 0 Å². The summed E-state index contributed by atoms with van der Waals surface area (Å²) in [6, 6.07) is 1.51. The van der Waals surface area contributed by atoms with Gasteiger partial charge in [-0.1, -0.05) is 13.8 Å². The monoisotopic (exact) mass is 280 g/mol. The minimum absolute atomic E-state index is 0.124. The van der Waals surface area contributed by atoms with Gasteiger partial charge in [-0.2, -0.15) is 0 Å². The summed E-state index contributed by atoms with van der Waals surface area (Å²) in [7, 11) is -1.70. The first-order valence-electron chi connectivity index (χ1n) is 5.26. The van der Waals surface area contributed by atoms with Crippen molar-refractivity contribution in [3.05, 3.63) is 29.6 Å². The molecule has 0 amide bonds. The highest BCUT2D eigenvalue weighted by molar-refractivity contribution is 7.42. The van der Waals surface area contributed by atoms with Gasteiger partial charge in [0.05, 0.1) is 13.2 Å². The van der Waals surface area contributed by atoms with Gasteiger partial charge in [0.15, 0.2) is 17.5 Å². The zero-order chi connectivity index (χ0) is 13.3. The summed E-state index contributed by atoms with van der Waals surface area (Å²) in [4.78, 5) is 0. The van der Waals surface area contributed by atoms with Gasteiger partial charge in [-0.15, -0.1) is 0 Å². The van der Waals surface area contributed by atoms with Crippen molar-refractivity contribution < 1.29 is 26.7 Å². The van der Waals surface area contributed by atoms with Crippen molar-refractivity contribution in [1.82, 2.24) is 0 Å². The second-order valence-electron chi connectivity index (χ2n) is 4.73. The molecule has 0 atom stereocenters. The van der Waals surface area contributed by atoms with Crippen molar-refractivity contribution in [2.45, 2.75) is 13.8 Å². The Morgan fingerprint density at radius 3 is 2.11 bits per heavy atom.